The zero-order chi connectivity index (χ0) is 13.8. The fourth-order valence-electron chi connectivity index (χ4n) is 2.24. The molecule has 1 aliphatic carbocycles. The summed E-state index contributed by atoms with van der Waals surface area (Å²) in [6, 6.07) is 4.58. The van der Waals surface area contributed by atoms with Gasteiger partial charge in [-0.05, 0) is 44.0 Å². The topological polar surface area (TPSA) is 40.5 Å². The lowest BCUT2D eigenvalue weighted by molar-refractivity contribution is 0.0696. The van der Waals surface area contributed by atoms with E-state index in [0.717, 1.165) is 19.4 Å². The van der Waals surface area contributed by atoms with Crippen molar-refractivity contribution in [2.24, 2.45) is 0 Å². The van der Waals surface area contributed by atoms with E-state index >= 15 is 0 Å². The molecule has 0 unspecified atom stereocenters. The van der Waals surface area contributed by atoms with Crippen LogP contribution in [-0.2, 0) is 6.54 Å². The van der Waals surface area contributed by atoms with E-state index in [9.17, 15) is 9.18 Å². The minimum atomic E-state index is -1.01. The number of hydrogen-bond donors (Lipinski definition) is 1. The number of halogens is 1. The zero-order valence-electron chi connectivity index (χ0n) is 11.2. The largest absolute Gasteiger partial charge is 0.478 e. The lowest BCUT2D eigenvalue weighted by Crippen LogP contribution is -2.27. The summed E-state index contributed by atoms with van der Waals surface area (Å²) in [4.78, 5) is 13.2. The van der Waals surface area contributed by atoms with Gasteiger partial charge in [0.05, 0.1) is 5.56 Å². The quantitative estimate of drug-likeness (QED) is 0.822. The summed E-state index contributed by atoms with van der Waals surface area (Å²) in [6.45, 7) is 3.60. The maximum atomic E-state index is 13.8. The first-order chi connectivity index (χ1) is 9.11. The molecule has 0 atom stereocenters. The van der Waals surface area contributed by atoms with Crippen molar-refractivity contribution in [2.75, 3.05) is 6.54 Å². The number of hydrogen-bond acceptors (Lipinski definition) is 2. The molecular formula is C15H20FNO2. The molecule has 1 aliphatic rings. The Morgan fingerprint density at radius 1 is 1.47 bits per heavy atom. The average Bonchev–Trinajstić information content (AvgIpc) is 3.20. The molecule has 4 heteroatoms. The normalized spacial score (nSPS) is 14.9. The van der Waals surface area contributed by atoms with Gasteiger partial charge < -0.3 is 5.11 Å². The first-order valence-corrected chi connectivity index (χ1v) is 6.87. The van der Waals surface area contributed by atoms with E-state index in [-0.39, 0.29) is 11.4 Å². The molecule has 0 saturated heterocycles. The Labute approximate surface area is 113 Å². The van der Waals surface area contributed by atoms with Crippen molar-refractivity contribution in [3.05, 3.63) is 35.1 Å². The summed E-state index contributed by atoms with van der Waals surface area (Å²) >= 11 is 0. The van der Waals surface area contributed by atoms with Crippen LogP contribution in [0.15, 0.2) is 18.2 Å². The summed E-state index contributed by atoms with van der Waals surface area (Å²) in [6.07, 6.45) is 4.55. The van der Waals surface area contributed by atoms with Crippen molar-refractivity contribution >= 4 is 5.97 Å². The molecule has 1 fully saturated rings. The van der Waals surface area contributed by atoms with Crippen molar-refractivity contribution in [3.8, 4) is 0 Å². The Morgan fingerprint density at radius 3 is 2.79 bits per heavy atom. The standard InChI is InChI=1S/C15H20FNO2/c1-2-3-8-17(13-5-6-13)10-12-9-11(15(18)19)4-7-14(12)16/h4,7,9,13H,2-3,5-6,8,10H2,1H3,(H,18,19). The van der Waals surface area contributed by atoms with E-state index < -0.39 is 5.97 Å². The third-order valence-electron chi connectivity index (χ3n) is 3.53. The number of nitrogens with zero attached hydrogens (tertiary/aromatic N) is 1. The third-order valence-corrected chi connectivity index (χ3v) is 3.53. The highest BCUT2D eigenvalue weighted by molar-refractivity contribution is 5.87. The minimum Gasteiger partial charge on any atom is -0.478 e. The summed E-state index contributed by atoms with van der Waals surface area (Å²) in [5.74, 6) is -1.32. The van der Waals surface area contributed by atoms with Gasteiger partial charge in [-0.2, -0.15) is 0 Å². The van der Waals surface area contributed by atoms with Crippen LogP contribution in [0.1, 0.15) is 48.5 Å². The zero-order valence-corrected chi connectivity index (χ0v) is 11.2. The second-order valence-electron chi connectivity index (χ2n) is 5.17. The molecule has 1 N–H and O–H groups in total. The molecule has 3 nitrogen and oxygen atoms in total. The van der Waals surface area contributed by atoms with Crippen LogP contribution in [0, 0.1) is 5.82 Å². The van der Waals surface area contributed by atoms with Crippen LogP contribution >= 0.6 is 0 Å². The second kappa shape index (κ2) is 6.15. The molecule has 1 saturated carbocycles. The molecular weight excluding hydrogens is 245 g/mol. The maximum Gasteiger partial charge on any atom is 0.335 e. The fourth-order valence-corrected chi connectivity index (χ4v) is 2.24. The van der Waals surface area contributed by atoms with E-state index in [4.69, 9.17) is 5.11 Å². The molecule has 1 aromatic carbocycles. The summed E-state index contributed by atoms with van der Waals surface area (Å²) in [5, 5.41) is 8.96. The Hall–Kier alpha value is -1.42. The van der Waals surface area contributed by atoms with Crippen molar-refractivity contribution < 1.29 is 14.3 Å². The van der Waals surface area contributed by atoms with Crippen LogP contribution < -0.4 is 0 Å². The molecule has 2 rings (SSSR count). The van der Waals surface area contributed by atoms with Crippen LogP contribution in [0.25, 0.3) is 0 Å². The molecule has 0 spiro atoms. The van der Waals surface area contributed by atoms with Crippen molar-refractivity contribution in [3.63, 3.8) is 0 Å². The molecule has 19 heavy (non-hydrogen) atoms. The number of aromatic carboxylic acids is 1. The Bertz CT molecular complexity index is 457. The van der Waals surface area contributed by atoms with E-state index in [1.54, 1.807) is 0 Å². The summed E-state index contributed by atoms with van der Waals surface area (Å²) in [5.41, 5.74) is 0.644. The van der Waals surface area contributed by atoms with Gasteiger partial charge in [0.2, 0.25) is 0 Å². The van der Waals surface area contributed by atoms with Gasteiger partial charge in [0.25, 0.3) is 0 Å². The Balaban J connectivity index is 2.11. The van der Waals surface area contributed by atoms with Gasteiger partial charge in [0.15, 0.2) is 0 Å². The highest BCUT2D eigenvalue weighted by Crippen LogP contribution is 2.29. The lowest BCUT2D eigenvalue weighted by atomic mass is 10.1. The van der Waals surface area contributed by atoms with Gasteiger partial charge in [-0.15, -0.1) is 0 Å². The maximum absolute atomic E-state index is 13.8. The SMILES string of the molecule is CCCCN(Cc1cc(C(=O)O)ccc1F)C1CC1. The first-order valence-electron chi connectivity index (χ1n) is 6.87. The molecule has 104 valence electrons. The van der Waals surface area contributed by atoms with Crippen molar-refractivity contribution in [1.29, 1.82) is 0 Å². The molecule has 0 bridgehead atoms. The number of rotatable bonds is 7. The lowest BCUT2D eigenvalue weighted by Gasteiger charge is -2.22. The predicted molar refractivity (Wildman–Crippen MR) is 71.7 cm³/mol. The molecule has 0 amide bonds. The van der Waals surface area contributed by atoms with Crippen molar-refractivity contribution in [1.82, 2.24) is 4.90 Å². The predicted octanol–water partition coefficient (Wildman–Crippen LogP) is 3.29. The fraction of sp³-hybridized carbons (Fsp3) is 0.533. The molecule has 0 heterocycles. The van der Waals surface area contributed by atoms with E-state index in [1.807, 2.05) is 0 Å². The van der Waals surface area contributed by atoms with E-state index in [1.165, 1.54) is 31.0 Å². The third kappa shape index (κ3) is 3.77. The summed E-state index contributed by atoms with van der Waals surface area (Å²) in [7, 11) is 0. The van der Waals surface area contributed by atoms with Crippen LogP contribution in [0.5, 0.6) is 0 Å². The molecule has 0 aromatic heterocycles. The number of carboxylic acids is 1. The number of carboxylic acid groups (broad SMARTS) is 1. The highest BCUT2D eigenvalue weighted by Gasteiger charge is 2.29. The van der Waals surface area contributed by atoms with E-state index in [2.05, 4.69) is 11.8 Å². The Kier molecular flexibility index (Phi) is 4.53. The highest BCUT2D eigenvalue weighted by atomic mass is 19.1. The van der Waals surface area contributed by atoms with Gasteiger partial charge >= 0.3 is 5.97 Å². The van der Waals surface area contributed by atoms with Gasteiger partial charge in [-0.25, -0.2) is 9.18 Å². The Morgan fingerprint density at radius 2 is 2.21 bits per heavy atom. The average molecular weight is 265 g/mol. The van der Waals surface area contributed by atoms with Gasteiger partial charge in [-0.3, -0.25) is 4.90 Å². The number of unbranched alkanes of at least 4 members (excludes halogenated alkanes) is 1. The molecule has 1 aromatic rings. The van der Waals surface area contributed by atoms with Crippen LogP contribution in [0.4, 0.5) is 4.39 Å². The summed E-state index contributed by atoms with van der Waals surface area (Å²) < 4.78 is 13.8. The van der Waals surface area contributed by atoms with Crippen LogP contribution in [-0.4, -0.2) is 28.6 Å². The van der Waals surface area contributed by atoms with Crippen molar-refractivity contribution in [2.45, 2.75) is 45.2 Å². The van der Waals surface area contributed by atoms with Crippen LogP contribution in [0.3, 0.4) is 0 Å². The smallest absolute Gasteiger partial charge is 0.335 e. The number of carbonyl (C=O) groups is 1. The van der Waals surface area contributed by atoms with Gasteiger partial charge in [0.1, 0.15) is 5.82 Å². The molecule has 0 radical (unpaired) electrons. The number of benzene rings is 1. The minimum absolute atomic E-state index is 0.155. The second-order valence-corrected chi connectivity index (χ2v) is 5.17. The molecule has 0 aliphatic heterocycles. The monoisotopic (exact) mass is 265 g/mol. The van der Waals surface area contributed by atoms with Gasteiger partial charge in [-0.1, -0.05) is 13.3 Å². The van der Waals surface area contributed by atoms with E-state index in [0.29, 0.717) is 18.2 Å². The first kappa shape index (κ1) is 14.0. The van der Waals surface area contributed by atoms with Gasteiger partial charge in [0, 0.05) is 18.2 Å². The van der Waals surface area contributed by atoms with Crippen LogP contribution in [0.2, 0.25) is 0 Å².